The van der Waals surface area contributed by atoms with E-state index in [4.69, 9.17) is 4.74 Å². The first-order valence-corrected chi connectivity index (χ1v) is 11.7. The van der Waals surface area contributed by atoms with Crippen molar-refractivity contribution in [3.63, 3.8) is 0 Å². The molecule has 0 spiro atoms. The van der Waals surface area contributed by atoms with E-state index in [2.05, 4.69) is 36.6 Å². The number of rotatable bonds is 10. The summed E-state index contributed by atoms with van der Waals surface area (Å²) in [4.78, 5) is 11.7. The maximum atomic E-state index is 13.6. The minimum absolute atomic E-state index is 0.00213. The summed E-state index contributed by atoms with van der Waals surface area (Å²) in [6.45, 7) is 6.50. The van der Waals surface area contributed by atoms with Crippen LogP contribution in [0, 0.1) is 11.6 Å². The Morgan fingerprint density at radius 1 is 1.15 bits per heavy atom. The molecule has 180 valence electrons. The van der Waals surface area contributed by atoms with Gasteiger partial charge < -0.3 is 20.5 Å². The first-order valence-electron chi connectivity index (χ1n) is 11.7. The molecule has 1 aliphatic rings. The SMILES string of the molecule is CCC(CC)c1ccc2c(c1)[C@@H](NC[C@@H](O)[C@H](Cc1cc(F)cc(F)c1)NC(C)=O)CCO2. The minimum Gasteiger partial charge on any atom is -0.493 e. The van der Waals surface area contributed by atoms with Gasteiger partial charge in [-0.25, -0.2) is 8.78 Å². The van der Waals surface area contributed by atoms with Crippen LogP contribution in [0.2, 0.25) is 0 Å². The van der Waals surface area contributed by atoms with Crippen molar-refractivity contribution >= 4 is 5.91 Å². The fourth-order valence-electron chi connectivity index (χ4n) is 4.57. The van der Waals surface area contributed by atoms with Crippen LogP contribution in [0.4, 0.5) is 8.78 Å². The molecular weight excluding hydrogens is 426 g/mol. The second-order valence-corrected chi connectivity index (χ2v) is 8.76. The maximum Gasteiger partial charge on any atom is 0.217 e. The molecule has 33 heavy (non-hydrogen) atoms. The number of hydrogen-bond donors (Lipinski definition) is 3. The molecule has 3 N–H and O–H groups in total. The van der Waals surface area contributed by atoms with Crippen molar-refractivity contribution in [1.82, 2.24) is 10.6 Å². The monoisotopic (exact) mass is 460 g/mol. The zero-order chi connectivity index (χ0) is 24.0. The van der Waals surface area contributed by atoms with Crippen LogP contribution in [-0.2, 0) is 11.2 Å². The first kappa shape index (κ1) is 25.1. The zero-order valence-corrected chi connectivity index (χ0v) is 19.5. The quantitative estimate of drug-likeness (QED) is 0.492. The first-order chi connectivity index (χ1) is 15.8. The van der Waals surface area contributed by atoms with Crippen molar-refractivity contribution in [2.45, 2.75) is 70.6 Å². The lowest BCUT2D eigenvalue weighted by molar-refractivity contribution is -0.120. The molecule has 3 rings (SSSR count). The van der Waals surface area contributed by atoms with Gasteiger partial charge in [0.05, 0.1) is 18.8 Å². The molecule has 2 aromatic carbocycles. The number of halogens is 2. The Hall–Kier alpha value is -2.51. The largest absolute Gasteiger partial charge is 0.493 e. The third kappa shape index (κ3) is 6.74. The summed E-state index contributed by atoms with van der Waals surface area (Å²) in [5.74, 6) is -0.365. The van der Waals surface area contributed by atoms with Gasteiger partial charge in [-0.1, -0.05) is 26.0 Å². The molecule has 7 heteroatoms. The van der Waals surface area contributed by atoms with Gasteiger partial charge >= 0.3 is 0 Å². The molecule has 1 amide bonds. The van der Waals surface area contributed by atoms with Crippen molar-refractivity contribution in [3.8, 4) is 5.75 Å². The van der Waals surface area contributed by atoms with Crippen LogP contribution in [0.25, 0.3) is 0 Å². The van der Waals surface area contributed by atoms with Crippen molar-refractivity contribution in [2.75, 3.05) is 13.2 Å². The predicted molar refractivity (Wildman–Crippen MR) is 124 cm³/mol. The second-order valence-electron chi connectivity index (χ2n) is 8.76. The van der Waals surface area contributed by atoms with Gasteiger partial charge in [-0.15, -0.1) is 0 Å². The number of ether oxygens (including phenoxy) is 1. The Bertz CT molecular complexity index is 929. The molecule has 0 saturated carbocycles. The Balaban J connectivity index is 1.72. The van der Waals surface area contributed by atoms with E-state index < -0.39 is 23.8 Å². The number of aliphatic hydroxyl groups excluding tert-OH is 1. The summed E-state index contributed by atoms with van der Waals surface area (Å²) in [6, 6.07) is 8.88. The van der Waals surface area contributed by atoms with Gasteiger partial charge in [0.1, 0.15) is 17.4 Å². The lowest BCUT2D eigenvalue weighted by Crippen LogP contribution is -2.48. The van der Waals surface area contributed by atoms with Gasteiger partial charge in [0.15, 0.2) is 0 Å². The second kappa shape index (κ2) is 11.6. The van der Waals surface area contributed by atoms with E-state index >= 15 is 0 Å². The smallest absolute Gasteiger partial charge is 0.217 e. The van der Waals surface area contributed by atoms with Crippen molar-refractivity contribution < 1.29 is 23.4 Å². The topological polar surface area (TPSA) is 70.6 Å². The van der Waals surface area contributed by atoms with Crippen LogP contribution in [0.5, 0.6) is 5.75 Å². The number of fused-ring (bicyclic) bond motifs is 1. The third-order valence-corrected chi connectivity index (χ3v) is 6.33. The summed E-state index contributed by atoms with van der Waals surface area (Å²) < 4.78 is 33.0. The highest BCUT2D eigenvalue weighted by molar-refractivity contribution is 5.73. The van der Waals surface area contributed by atoms with Gasteiger partial charge in [-0.05, 0) is 54.5 Å². The van der Waals surface area contributed by atoms with E-state index in [1.165, 1.54) is 24.6 Å². The van der Waals surface area contributed by atoms with Gasteiger partial charge in [0, 0.05) is 37.6 Å². The number of hydrogen-bond acceptors (Lipinski definition) is 4. The van der Waals surface area contributed by atoms with Crippen molar-refractivity contribution in [2.24, 2.45) is 0 Å². The number of carbonyl (C=O) groups is 1. The summed E-state index contributed by atoms with van der Waals surface area (Å²) in [5, 5.41) is 17.0. The minimum atomic E-state index is -0.950. The molecule has 0 unspecified atom stereocenters. The highest BCUT2D eigenvalue weighted by atomic mass is 19.1. The molecular formula is C26H34F2N2O3. The molecule has 0 radical (unpaired) electrons. The van der Waals surface area contributed by atoms with Crippen LogP contribution < -0.4 is 15.4 Å². The molecule has 2 aromatic rings. The molecule has 3 atom stereocenters. The molecule has 0 saturated heterocycles. The summed E-state index contributed by atoms with van der Waals surface area (Å²) in [6.07, 6.45) is 2.04. The highest BCUT2D eigenvalue weighted by Gasteiger charge is 2.26. The predicted octanol–water partition coefficient (Wildman–Crippen LogP) is 4.39. The normalized spacial score (nSPS) is 17.2. The number of carbonyl (C=O) groups excluding carboxylic acids is 1. The maximum absolute atomic E-state index is 13.6. The number of amides is 1. The molecule has 0 bridgehead atoms. The zero-order valence-electron chi connectivity index (χ0n) is 19.5. The van der Waals surface area contributed by atoms with Gasteiger partial charge in [0.25, 0.3) is 0 Å². The average Bonchev–Trinajstić information content (AvgIpc) is 2.76. The standard InChI is InChI=1S/C26H34F2N2O3/c1-4-18(5-2)19-6-7-26-22(13-19)23(8-9-33-26)29-15-25(32)24(30-16(3)31)12-17-10-20(27)14-21(28)11-17/h6-7,10-11,13-14,18,23-25,29,32H,4-5,8-9,12,15H2,1-3H3,(H,30,31)/t23-,24-,25+/m0/s1. The summed E-state index contributed by atoms with van der Waals surface area (Å²) in [7, 11) is 0. The molecule has 0 aromatic heterocycles. The van der Waals surface area contributed by atoms with Gasteiger partial charge in [-0.3, -0.25) is 4.79 Å². The van der Waals surface area contributed by atoms with Crippen LogP contribution in [0.1, 0.15) is 68.7 Å². The molecule has 0 aliphatic carbocycles. The van der Waals surface area contributed by atoms with Crippen LogP contribution in [-0.4, -0.2) is 36.3 Å². The van der Waals surface area contributed by atoms with E-state index in [0.29, 0.717) is 18.1 Å². The van der Waals surface area contributed by atoms with E-state index in [9.17, 15) is 18.7 Å². The van der Waals surface area contributed by atoms with Crippen molar-refractivity contribution in [1.29, 1.82) is 0 Å². The summed E-state index contributed by atoms with van der Waals surface area (Å²) >= 11 is 0. The molecule has 5 nitrogen and oxygen atoms in total. The fraction of sp³-hybridized carbons (Fsp3) is 0.500. The van der Waals surface area contributed by atoms with Crippen molar-refractivity contribution in [3.05, 3.63) is 64.7 Å². The lowest BCUT2D eigenvalue weighted by Gasteiger charge is -2.30. The fourth-order valence-corrected chi connectivity index (χ4v) is 4.57. The van der Waals surface area contributed by atoms with E-state index in [1.54, 1.807) is 0 Å². The lowest BCUT2D eigenvalue weighted by atomic mass is 9.89. The molecule has 0 fully saturated rings. The van der Waals surface area contributed by atoms with Crippen LogP contribution in [0.3, 0.4) is 0 Å². The highest BCUT2D eigenvalue weighted by Crippen LogP contribution is 2.35. The van der Waals surface area contributed by atoms with Gasteiger partial charge in [0.2, 0.25) is 5.91 Å². The van der Waals surface area contributed by atoms with Crippen LogP contribution >= 0.6 is 0 Å². The van der Waals surface area contributed by atoms with Gasteiger partial charge in [-0.2, -0.15) is 0 Å². The average molecular weight is 461 g/mol. The third-order valence-electron chi connectivity index (χ3n) is 6.33. The van der Waals surface area contributed by atoms with Crippen LogP contribution in [0.15, 0.2) is 36.4 Å². The van der Waals surface area contributed by atoms with E-state index in [1.807, 2.05) is 6.07 Å². The number of aliphatic hydroxyl groups is 1. The Morgan fingerprint density at radius 2 is 1.85 bits per heavy atom. The molecule has 1 aliphatic heterocycles. The number of benzene rings is 2. The Kier molecular flexibility index (Phi) is 8.80. The van der Waals surface area contributed by atoms with E-state index in [0.717, 1.165) is 36.6 Å². The van der Waals surface area contributed by atoms with E-state index in [-0.39, 0.29) is 24.9 Å². The number of nitrogens with one attached hydrogen (secondary N) is 2. The Morgan fingerprint density at radius 3 is 2.48 bits per heavy atom. The molecule has 1 heterocycles. The Labute approximate surface area is 194 Å². The summed E-state index contributed by atoms with van der Waals surface area (Å²) in [5.41, 5.74) is 2.72.